The van der Waals surface area contributed by atoms with Crippen LogP contribution < -0.4 is 0 Å². The molecule has 90 valence electrons. The first-order valence-electron chi connectivity index (χ1n) is 5.05. The van der Waals surface area contributed by atoms with Crippen LogP contribution in [-0.2, 0) is 19.1 Å². The molecule has 1 heterocycles. The minimum absolute atomic E-state index is 0.0442. The molecule has 0 aromatic carbocycles. The van der Waals surface area contributed by atoms with E-state index in [4.69, 9.17) is 14.6 Å². The molecule has 1 rings (SSSR count). The predicted octanol–water partition coefficient (Wildman–Crippen LogP) is 1.13. The Balaban J connectivity index is 2.42. The topological polar surface area (TPSA) is 76.1 Å². The summed E-state index contributed by atoms with van der Waals surface area (Å²) in [6.45, 7) is 7.61. The summed E-state index contributed by atoms with van der Waals surface area (Å²) in [5.41, 5.74) is -0.697. The molecule has 16 heavy (non-hydrogen) atoms. The first kappa shape index (κ1) is 12.7. The van der Waals surface area contributed by atoms with Gasteiger partial charge in [-0.25, -0.2) is 4.79 Å². The highest BCUT2D eigenvalue weighted by atomic mass is 16.6. The average Bonchev–Trinajstić information content (AvgIpc) is 2.84. The fourth-order valence-corrected chi connectivity index (χ4v) is 1.35. The minimum atomic E-state index is -1.09. The highest BCUT2D eigenvalue weighted by molar-refractivity contribution is 5.93. The van der Waals surface area contributed by atoms with Crippen LogP contribution in [0.1, 0.15) is 26.7 Å². The first-order valence-corrected chi connectivity index (χ1v) is 5.05. The predicted molar refractivity (Wildman–Crippen MR) is 55.9 cm³/mol. The molecule has 1 unspecified atom stereocenters. The molecular formula is C11H16O5. The van der Waals surface area contributed by atoms with Crippen molar-refractivity contribution in [1.29, 1.82) is 0 Å². The van der Waals surface area contributed by atoms with E-state index in [9.17, 15) is 9.59 Å². The number of aliphatic carboxylic acids is 1. The Labute approximate surface area is 94.0 Å². The minimum Gasteiger partial charge on any atom is -0.481 e. The number of carboxylic acid groups (broad SMARTS) is 1. The zero-order chi connectivity index (χ0) is 12.3. The van der Waals surface area contributed by atoms with Gasteiger partial charge in [0, 0.05) is 12.0 Å². The lowest BCUT2D eigenvalue weighted by Gasteiger charge is -2.24. The summed E-state index contributed by atoms with van der Waals surface area (Å²) >= 11 is 0. The number of carbonyl (C=O) groups excluding carboxylic acids is 1. The van der Waals surface area contributed by atoms with Crippen molar-refractivity contribution in [3.8, 4) is 0 Å². The molecule has 5 nitrogen and oxygen atoms in total. The van der Waals surface area contributed by atoms with Crippen molar-refractivity contribution in [2.24, 2.45) is 0 Å². The monoisotopic (exact) mass is 228 g/mol. The molecule has 1 N–H and O–H groups in total. The van der Waals surface area contributed by atoms with E-state index in [-0.39, 0.29) is 11.7 Å². The smallest absolute Gasteiger partial charge is 0.334 e. The van der Waals surface area contributed by atoms with Gasteiger partial charge >= 0.3 is 11.9 Å². The summed E-state index contributed by atoms with van der Waals surface area (Å²) in [4.78, 5) is 21.8. The Hall–Kier alpha value is -1.36. The molecule has 0 aromatic rings. The normalized spacial score (nSPS) is 19.0. The molecule has 0 radical (unpaired) electrons. The molecule has 0 aliphatic carbocycles. The molecule has 1 aliphatic heterocycles. The lowest BCUT2D eigenvalue weighted by Crippen LogP contribution is -2.30. The van der Waals surface area contributed by atoms with Gasteiger partial charge in [0.2, 0.25) is 0 Å². The molecule has 0 spiro atoms. The van der Waals surface area contributed by atoms with E-state index in [2.05, 4.69) is 6.58 Å². The van der Waals surface area contributed by atoms with E-state index in [1.54, 1.807) is 13.8 Å². The maximum Gasteiger partial charge on any atom is 0.334 e. The lowest BCUT2D eigenvalue weighted by molar-refractivity contribution is -0.153. The standard InChI is InChI=1S/C11H16O5/c1-7(4-9(12)13)10(14)16-11(2,3)5-8-6-15-8/h8H,1,4-6H2,2-3H3,(H,12,13). The van der Waals surface area contributed by atoms with E-state index in [0.717, 1.165) is 0 Å². The second-order valence-corrected chi connectivity index (χ2v) is 4.48. The number of esters is 1. The number of carbonyl (C=O) groups is 2. The second-order valence-electron chi connectivity index (χ2n) is 4.48. The molecule has 0 amide bonds. The van der Waals surface area contributed by atoms with Crippen LogP contribution in [0.3, 0.4) is 0 Å². The van der Waals surface area contributed by atoms with E-state index in [1.165, 1.54) is 0 Å². The van der Waals surface area contributed by atoms with Crippen LogP contribution in [0.2, 0.25) is 0 Å². The van der Waals surface area contributed by atoms with Gasteiger partial charge in [0.1, 0.15) is 5.60 Å². The summed E-state index contributed by atoms with van der Waals surface area (Å²) in [6, 6.07) is 0. The van der Waals surface area contributed by atoms with E-state index < -0.39 is 24.0 Å². The van der Waals surface area contributed by atoms with Crippen LogP contribution in [-0.4, -0.2) is 35.4 Å². The van der Waals surface area contributed by atoms with Crippen LogP contribution in [0.5, 0.6) is 0 Å². The maximum absolute atomic E-state index is 11.5. The third-order valence-electron chi connectivity index (χ3n) is 2.14. The van der Waals surface area contributed by atoms with Crippen molar-refractivity contribution < 1.29 is 24.2 Å². The number of carboxylic acids is 1. The highest BCUT2D eigenvalue weighted by Gasteiger charge is 2.34. The van der Waals surface area contributed by atoms with Gasteiger partial charge in [-0.05, 0) is 13.8 Å². The van der Waals surface area contributed by atoms with Crippen LogP contribution >= 0.6 is 0 Å². The summed E-state index contributed by atoms with van der Waals surface area (Å²) in [5.74, 6) is -1.75. The van der Waals surface area contributed by atoms with Crippen molar-refractivity contribution in [1.82, 2.24) is 0 Å². The molecular weight excluding hydrogens is 212 g/mol. The summed E-state index contributed by atoms with van der Waals surface area (Å²) in [5, 5.41) is 8.50. The largest absolute Gasteiger partial charge is 0.481 e. The Bertz CT molecular complexity index is 314. The number of epoxide rings is 1. The van der Waals surface area contributed by atoms with E-state index >= 15 is 0 Å². The van der Waals surface area contributed by atoms with Gasteiger partial charge in [0.05, 0.1) is 19.1 Å². The van der Waals surface area contributed by atoms with Gasteiger partial charge < -0.3 is 14.6 Å². The first-order chi connectivity index (χ1) is 7.30. The van der Waals surface area contributed by atoms with Gasteiger partial charge in [-0.15, -0.1) is 0 Å². The second kappa shape index (κ2) is 4.65. The fraction of sp³-hybridized carbons (Fsp3) is 0.636. The Morgan fingerprint density at radius 3 is 2.56 bits per heavy atom. The van der Waals surface area contributed by atoms with Crippen molar-refractivity contribution >= 4 is 11.9 Å². The average molecular weight is 228 g/mol. The quantitative estimate of drug-likeness (QED) is 0.419. The highest BCUT2D eigenvalue weighted by Crippen LogP contribution is 2.26. The van der Waals surface area contributed by atoms with Gasteiger partial charge in [-0.3, -0.25) is 4.79 Å². The SMILES string of the molecule is C=C(CC(=O)O)C(=O)OC(C)(C)CC1CO1. The van der Waals surface area contributed by atoms with Gasteiger partial charge in [0.15, 0.2) is 0 Å². The van der Waals surface area contributed by atoms with Crippen LogP contribution in [0, 0.1) is 0 Å². The van der Waals surface area contributed by atoms with Crippen LogP contribution in [0.15, 0.2) is 12.2 Å². The summed E-state index contributed by atoms with van der Waals surface area (Å²) in [6.07, 6.45) is 0.365. The molecule has 1 aliphatic rings. The van der Waals surface area contributed by atoms with Crippen molar-refractivity contribution in [3.05, 3.63) is 12.2 Å². The van der Waals surface area contributed by atoms with Gasteiger partial charge in [0.25, 0.3) is 0 Å². The Morgan fingerprint density at radius 1 is 1.56 bits per heavy atom. The molecule has 0 saturated carbocycles. The Morgan fingerprint density at radius 2 is 2.12 bits per heavy atom. The van der Waals surface area contributed by atoms with Crippen LogP contribution in [0.4, 0.5) is 0 Å². The third kappa shape index (κ3) is 4.44. The third-order valence-corrected chi connectivity index (χ3v) is 2.14. The molecule has 0 aromatic heterocycles. The van der Waals surface area contributed by atoms with Gasteiger partial charge in [-0.1, -0.05) is 6.58 Å². The number of rotatable bonds is 6. The Kier molecular flexibility index (Phi) is 3.70. The molecule has 1 fully saturated rings. The zero-order valence-corrected chi connectivity index (χ0v) is 9.49. The van der Waals surface area contributed by atoms with E-state index in [1.807, 2.05) is 0 Å². The van der Waals surface area contributed by atoms with Crippen molar-refractivity contribution in [2.45, 2.75) is 38.4 Å². The molecule has 0 bridgehead atoms. The number of ether oxygens (including phenoxy) is 2. The lowest BCUT2D eigenvalue weighted by atomic mass is 10.0. The molecule has 1 atom stereocenters. The van der Waals surface area contributed by atoms with Gasteiger partial charge in [-0.2, -0.15) is 0 Å². The molecule has 5 heteroatoms. The summed E-state index contributed by atoms with van der Waals surface area (Å²) < 4.78 is 10.2. The van der Waals surface area contributed by atoms with Crippen molar-refractivity contribution in [2.75, 3.05) is 6.61 Å². The zero-order valence-electron chi connectivity index (χ0n) is 9.49. The summed E-state index contributed by atoms with van der Waals surface area (Å²) in [7, 11) is 0. The van der Waals surface area contributed by atoms with Crippen LogP contribution in [0.25, 0.3) is 0 Å². The fourth-order valence-electron chi connectivity index (χ4n) is 1.35. The number of hydrogen-bond donors (Lipinski definition) is 1. The van der Waals surface area contributed by atoms with Crippen molar-refractivity contribution in [3.63, 3.8) is 0 Å². The maximum atomic E-state index is 11.5. The number of hydrogen-bond acceptors (Lipinski definition) is 4. The van der Waals surface area contributed by atoms with E-state index in [0.29, 0.717) is 13.0 Å². The molecule has 1 saturated heterocycles.